The molecule has 2 rings (SSSR count). The topological polar surface area (TPSA) is 76.7 Å². The molecule has 0 saturated heterocycles. The molecule has 0 heterocycles. The van der Waals surface area contributed by atoms with Gasteiger partial charge in [-0.05, 0) is 61.6 Å². The molecular weight excluding hydrogens is 392 g/mol. The average molecular weight is 419 g/mol. The number of hydrazine groups is 1. The number of carbonyl (C=O) groups excluding carboxylic acids is 2. The molecule has 156 valence electrons. The second-order valence-electron chi connectivity index (χ2n) is 7.19. The molecule has 7 heteroatoms. The zero-order valence-corrected chi connectivity index (χ0v) is 17.9. The molecule has 0 aliphatic rings. The number of rotatable bonds is 8. The van der Waals surface area contributed by atoms with E-state index in [4.69, 9.17) is 21.1 Å². The minimum Gasteiger partial charge on any atom is -0.493 e. The highest BCUT2D eigenvalue weighted by molar-refractivity contribution is 6.32. The van der Waals surface area contributed by atoms with E-state index in [-0.39, 0.29) is 6.61 Å². The maximum absolute atomic E-state index is 12.4. The van der Waals surface area contributed by atoms with Crippen LogP contribution in [0.5, 0.6) is 11.5 Å². The summed E-state index contributed by atoms with van der Waals surface area (Å²) in [5.41, 5.74) is 6.81. The summed E-state index contributed by atoms with van der Waals surface area (Å²) in [5, 5.41) is 0.670. The first kappa shape index (κ1) is 22.6. The third kappa shape index (κ3) is 6.98. The Hall–Kier alpha value is -2.73. The second kappa shape index (κ2) is 10.7. The van der Waals surface area contributed by atoms with Crippen LogP contribution in [0, 0.1) is 19.8 Å². The van der Waals surface area contributed by atoms with Crippen LogP contribution in [0.4, 0.5) is 0 Å². The standard InChI is InChI=1S/C22H27ClN2O4/c1-14(2)9-10-28-19-8-6-5-7-18(19)22(27)25-24-20(26)13-29-17-11-15(3)21(23)16(4)12-17/h5-8,11-12,14H,9-10,13H2,1-4H3,(H,24,26)(H,25,27). The van der Waals surface area contributed by atoms with Crippen molar-refractivity contribution in [3.8, 4) is 11.5 Å². The summed E-state index contributed by atoms with van der Waals surface area (Å²) < 4.78 is 11.2. The van der Waals surface area contributed by atoms with Crippen molar-refractivity contribution in [3.05, 3.63) is 58.1 Å². The molecule has 0 radical (unpaired) electrons. The lowest BCUT2D eigenvalue weighted by atomic mass is 10.1. The van der Waals surface area contributed by atoms with E-state index in [0.29, 0.717) is 34.6 Å². The molecule has 2 aromatic rings. The number of aryl methyl sites for hydroxylation is 2. The molecule has 0 aromatic heterocycles. The Kier molecular flexibility index (Phi) is 8.34. The number of benzene rings is 2. The smallest absolute Gasteiger partial charge is 0.276 e. The van der Waals surface area contributed by atoms with Crippen molar-refractivity contribution < 1.29 is 19.1 Å². The predicted molar refractivity (Wildman–Crippen MR) is 113 cm³/mol. The van der Waals surface area contributed by atoms with E-state index in [2.05, 4.69) is 24.7 Å². The minimum absolute atomic E-state index is 0.243. The summed E-state index contributed by atoms with van der Waals surface area (Å²) in [7, 11) is 0. The lowest BCUT2D eigenvalue weighted by Crippen LogP contribution is -2.43. The first-order chi connectivity index (χ1) is 13.8. The quantitative estimate of drug-likeness (QED) is 0.629. The van der Waals surface area contributed by atoms with E-state index in [9.17, 15) is 9.59 Å². The van der Waals surface area contributed by atoms with Crippen LogP contribution in [0.15, 0.2) is 36.4 Å². The Morgan fingerprint density at radius 1 is 1.03 bits per heavy atom. The van der Waals surface area contributed by atoms with Crippen molar-refractivity contribution in [1.82, 2.24) is 10.9 Å². The van der Waals surface area contributed by atoms with Crippen molar-refractivity contribution in [3.63, 3.8) is 0 Å². The summed E-state index contributed by atoms with van der Waals surface area (Å²) >= 11 is 6.12. The van der Waals surface area contributed by atoms with Crippen LogP contribution in [0.25, 0.3) is 0 Å². The van der Waals surface area contributed by atoms with E-state index in [1.807, 2.05) is 13.8 Å². The van der Waals surface area contributed by atoms with E-state index in [1.165, 1.54) is 0 Å². The van der Waals surface area contributed by atoms with Gasteiger partial charge < -0.3 is 9.47 Å². The van der Waals surface area contributed by atoms with Crippen molar-refractivity contribution in [2.75, 3.05) is 13.2 Å². The molecule has 0 atom stereocenters. The molecule has 29 heavy (non-hydrogen) atoms. The van der Waals surface area contributed by atoms with Crippen molar-refractivity contribution >= 4 is 23.4 Å². The van der Waals surface area contributed by atoms with Gasteiger partial charge in [-0.3, -0.25) is 20.4 Å². The average Bonchev–Trinajstić information content (AvgIpc) is 2.68. The lowest BCUT2D eigenvalue weighted by Gasteiger charge is -2.13. The van der Waals surface area contributed by atoms with Crippen LogP contribution in [-0.2, 0) is 4.79 Å². The molecule has 0 fully saturated rings. The van der Waals surface area contributed by atoms with Crippen molar-refractivity contribution in [2.24, 2.45) is 5.92 Å². The van der Waals surface area contributed by atoms with Gasteiger partial charge in [0.05, 0.1) is 12.2 Å². The number of hydrogen-bond donors (Lipinski definition) is 2. The molecule has 2 N–H and O–H groups in total. The lowest BCUT2D eigenvalue weighted by molar-refractivity contribution is -0.123. The largest absolute Gasteiger partial charge is 0.493 e. The first-order valence-corrected chi connectivity index (χ1v) is 9.86. The molecule has 2 aromatic carbocycles. The van der Waals surface area contributed by atoms with Crippen molar-refractivity contribution in [1.29, 1.82) is 0 Å². The maximum Gasteiger partial charge on any atom is 0.276 e. The van der Waals surface area contributed by atoms with Crippen molar-refractivity contribution in [2.45, 2.75) is 34.1 Å². The monoisotopic (exact) mass is 418 g/mol. The highest BCUT2D eigenvalue weighted by Gasteiger charge is 2.13. The Morgan fingerprint density at radius 3 is 2.34 bits per heavy atom. The highest BCUT2D eigenvalue weighted by atomic mass is 35.5. The van der Waals surface area contributed by atoms with E-state index in [0.717, 1.165) is 17.5 Å². The fourth-order valence-corrected chi connectivity index (χ4v) is 2.66. The number of hydrogen-bond acceptors (Lipinski definition) is 4. The molecule has 0 aliphatic carbocycles. The minimum atomic E-state index is -0.484. The molecule has 6 nitrogen and oxygen atoms in total. The van der Waals surface area contributed by atoms with Gasteiger partial charge in [0.1, 0.15) is 11.5 Å². The van der Waals surface area contributed by atoms with E-state index >= 15 is 0 Å². The van der Waals surface area contributed by atoms with Gasteiger partial charge in [0.25, 0.3) is 11.8 Å². The third-order valence-corrected chi connectivity index (χ3v) is 4.78. The predicted octanol–water partition coefficient (Wildman–Crippen LogP) is 4.22. The number of halogens is 1. The van der Waals surface area contributed by atoms with Crippen LogP contribution in [0.3, 0.4) is 0 Å². The zero-order valence-electron chi connectivity index (χ0n) is 17.2. The summed E-state index contributed by atoms with van der Waals surface area (Å²) in [6.45, 7) is 8.21. The molecule has 0 unspecified atom stereocenters. The third-order valence-electron chi connectivity index (χ3n) is 4.18. The SMILES string of the molecule is Cc1cc(OCC(=O)NNC(=O)c2ccccc2OCCC(C)C)cc(C)c1Cl. The first-order valence-electron chi connectivity index (χ1n) is 9.48. The normalized spacial score (nSPS) is 10.6. The van der Waals surface area contributed by atoms with Gasteiger partial charge in [0.2, 0.25) is 0 Å². The Balaban J connectivity index is 1.86. The van der Waals surface area contributed by atoms with Gasteiger partial charge in [-0.1, -0.05) is 37.6 Å². The number of carbonyl (C=O) groups is 2. The maximum atomic E-state index is 12.4. The molecule has 0 spiro atoms. The summed E-state index contributed by atoms with van der Waals surface area (Å²) in [5.74, 6) is 0.569. The van der Waals surface area contributed by atoms with Crippen LogP contribution in [0.2, 0.25) is 5.02 Å². The fourth-order valence-electron chi connectivity index (χ4n) is 2.55. The number of nitrogens with one attached hydrogen (secondary N) is 2. The van der Waals surface area contributed by atoms with Gasteiger partial charge in [-0.25, -0.2) is 0 Å². The molecule has 0 bridgehead atoms. The van der Waals surface area contributed by atoms with Gasteiger partial charge in [0, 0.05) is 5.02 Å². The second-order valence-corrected chi connectivity index (χ2v) is 7.57. The highest BCUT2D eigenvalue weighted by Crippen LogP contribution is 2.25. The molecule has 0 saturated carbocycles. The van der Waals surface area contributed by atoms with Crippen LogP contribution in [-0.4, -0.2) is 25.0 Å². The van der Waals surface area contributed by atoms with Crippen LogP contribution < -0.4 is 20.3 Å². The van der Waals surface area contributed by atoms with E-state index in [1.54, 1.807) is 36.4 Å². The summed E-state index contributed by atoms with van der Waals surface area (Å²) in [6.07, 6.45) is 0.883. The summed E-state index contributed by atoms with van der Waals surface area (Å²) in [6, 6.07) is 10.4. The summed E-state index contributed by atoms with van der Waals surface area (Å²) in [4.78, 5) is 24.4. The molecular formula is C22H27ClN2O4. The van der Waals surface area contributed by atoms with Gasteiger partial charge in [0.15, 0.2) is 6.61 Å². The Labute approximate surface area is 176 Å². The van der Waals surface area contributed by atoms with Gasteiger partial charge in [-0.15, -0.1) is 0 Å². The molecule has 0 aliphatic heterocycles. The van der Waals surface area contributed by atoms with Crippen LogP contribution in [0.1, 0.15) is 41.8 Å². The fraction of sp³-hybridized carbons (Fsp3) is 0.364. The van der Waals surface area contributed by atoms with Gasteiger partial charge >= 0.3 is 0 Å². The van der Waals surface area contributed by atoms with Crippen LogP contribution >= 0.6 is 11.6 Å². The number of amides is 2. The van der Waals surface area contributed by atoms with E-state index < -0.39 is 11.8 Å². The van der Waals surface area contributed by atoms with Gasteiger partial charge in [-0.2, -0.15) is 0 Å². The number of para-hydroxylation sites is 1. The Morgan fingerprint density at radius 2 is 1.69 bits per heavy atom. The molecule has 2 amide bonds. The number of ether oxygens (including phenoxy) is 2. The zero-order chi connectivity index (χ0) is 21.4. The Bertz CT molecular complexity index is 845.